The second-order valence-corrected chi connectivity index (χ2v) is 9.98. The molecular weight excluding hydrogens is 502 g/mol. The van der Waals surface area contributed by atoms with Crippen molar-refractivity contribution in [1.82, 2.24) is 0 Å². The van der Waals surface area contributed by atoms with Gasteiger partial charge in [0.15, 0.2) is 0 Å². The average molecular weight is 534 g/mol. The number of aryl methyl sites for hydroxylation is 1. The zero-order chi connectivity index (χ0) is 27.4. The summed E-state index contributed by atoms with van der Waals surface area (Å²) in [4.78, 5) is 12.2. The summed E-state index contributed by atoms with van der Waals surface area (Å²) in [6, 6.07) is 32.9. The van der Waals surface area contributed by atoms with Gasteiger partial charge in [-0.05, 0) is 61.0 Å². The van der Waals surface area contributed by atoms with Crippen LogP contribution in [0.5, 0.6) is 11.5 Å². The van der Waals surface area contributed by atoms with Crippen LogP contribution in [0.15, 0.2) is 114 Å². The van der Waals surface area contributed by atoms with Crippen LogP contribution in [0.25, 0.3) is 0 Å². The Kier molecular flexibility index (Phi) is 10.6. The molecule has 0 amide bonds. The maximum Gasteiger partial charge on any atom is 0.306 e. The smallest absolute Gasteiger partial charge is 0.306 e. The molecule has 0 bridgehead atoms. The summed E-state index contributed by atoms with van der Waals surface area (Å²) >= 11 is 0. The first kappa shape index (κ1) is 28.6. The van der Waals surface area contributed by atoms with E-state index in [-0.39, 0.29) is 29.8 Å². The predicted octanol–water partition coefficient (Wildman–Crippen LogP) is 5.90. The number of carbonyl (C=O) groups is 1. The molecule has 0 saturated carbocycles. The van der Waals surface area contributed by atoms with Crippen LogP contribution in [0.4, 0.5) is 0 Å². The van der Waals surface area contributed by atoms with E-state index in [9.17, 15) is 13.2 Å². The molecule has 0 spiro atoms. The standard InChI is InChI=1S/C23H23NO3.C7H8O3S/c24-16-20(15-23(25)26-17-18-8-3-1-4-9-18)19-10-7-13-22(14-19)27-21-11-5-2-6-12-21;1-6-2-4-7(5-3-6)11(8,9)10/h1-14,20H,15-17,24H2;2-5H,1H3,(H,8,9,10). The lowest BCUT2D eigenvalue weighted by atomic mass is 9.96. The van der Waals surface area contributed by atoms with Crippen molar-refractivity contribution in [2.75, 3.05) is 6.54 Å². The van der Waals surface area contributed by atoms with Crippen molar-refractivity contribution in [3.05, 3.63) is 126 Å². The van der Waals surface area contributed by atoms with Crippen LogP contribution in [0.3, 0.4) is 0 Å². The second kappa shape index (κ2) is 14.1. The molecule has 7 nitrogen and oxygen atoms in total. The van der Waals surface area contributed by atoms with Crippen molar-refractivity contribution in [3.63, 3.8) is 0 Å². The van der Waals surface area contributed by atoms with Crippen molar-refractivity contribution >= 4 is 16.1 Å². The van der Waals surface area contributed by atoms with Crippen molar-refractivity contribution in [3.8, 4) is 11.5 Å². The van der Waals surface area contributed by atoms with Gasteiger partial charge in [0.1, 0.15) is 18.1 Å². The summed E-state index contributed by atoms with van der Waals surface area (Å²) in [5, 5.41) is 0. The fourth-order valence-electron chi connectivity index (χ4n) is 3.50. The van der Waals surface area contributed by atoms with Crippen molar-refractivity contribution in [2.45, 2.75) is 30.8 Å². The molecule has 1 unspecified atom stereocenters. The van der Waals surface area contributed by atoms with Gasteiger partial charge in [-0.2, -0.15) is 8.42 Å². The fraction of sp³-hybridized carbons (Fsp3) is 0.167. The number of hydrogen-bond donors (Lipinski definition) is 2. The van der Waals surface area contributed by atoms with Crippen LogP contribution in [0, 0.1) is 6.92 Å². The van der Waals surface area contributed by atoms with E-state index in [4.69, 9.17) is 19.8 Å². The van der Waals surface area contributed by atoms with Crippen molar-refractivity contribution < 1.29 is 27.2 Å². The zero-order valence-corrected chi connectivity index (χ0v) is 21.9. The quantitative estimate of drug-likeness (QED) is 0.203. The van der Waals surface area contributed by atoms with Crippen LogP contribution in [0.2, 0.25) is 0 Å². The summed E-state index contributed by atoms with van der Waals surface area (Å²) in [5.41, 5.74) is 8.80. The monoisotopic (exact) mass is 533 g/mol. The molecule has 0 fully saturated rings. The van der Waals surface area contributed by atoms with E-state index < -0.39 is 10.1 Å². The van der Waals surface area contributed by atoms with Gasteiger partial charge in [-0.25, -0.2) is 0 Å². The van der Waals surface area contributed by atoms with Gasteiger partial charge in [0.25, 0.3) is 10.1 Å². The summed E-state index contributed by atoms with van der Waals surface area (Å²) in [6.07, 6.45) is 0.234. The lowest BCUT2D eigenvalue weighted by molar-refractivity contribution is -0.145. The van der Waals surface area contributed by atoms with Gasteiger partial charge in [-0.3, -0.25) is 9.35 Å². The van der Waals surface area contributed by atoms with Gasteiger partial charge in [0.05, 0.1) is 11.3 Å². The normalized spacial score (nSPS) is 11.6. The first-order chi connectivity index (χ1) is 18.2. The largest absolute Gasteiger partial charge is 0.461 e. The van der Waals surface area contributed by atoms with Crippen LogP contribution in [-0.2, 0) is 26.3 Å². The molecule has 0 aliphatic rings. The van der Waals surface area contributed by atoms with E-state index in [1.165, 1.54) is 12.1 Å². The first-order valence-corrected chi connectivity index (χ1v) is 13.4. The summed E-state index contributed by atoms with van der Waals surface area (Å²) in [6.45, 7) is 2.47. The molecule has 0 heterocycles. The molecule has 0 saturated heterocycles. The van der Waals surface area contributed by atoms with Gasteiger partial charge in [0, 0.05) is 5.92 Å². The maximum atomic E-state index is 12.2. The van der Waals surface area contributed by atoms with Crippen molar-refractivity contribution in [2.24, 2.45) is 5.73 Å². The van der Waals surface area contributed by atoms with E-state index in [1.807, 2.05) is 91.9 Å². The molecule has 4 aromatic carbocycles. The van der Waals surface area contributed by atoms with Crippen LogP contribution in [0.1, 0.15) is 29.0 Å². The highest BCUT2D eigenvalue weighted by Crippen LogP contribution is 2.27. The van der Waals surface area contributed by atoms with E-state index >= 15 is 0 Å². The molecule has 8 heteroatoms. The zero-order valence-electron chi connectivity index (χ0n) is 21.1. The molecule has 0 aliphatic carbocycles. The Balaban J connectivity index is 0.000000304. The van der Waals surface area contributed by atoms with E-state index in [0.29, 0.717) is 6.54 Å². The van der Waals surface area contributed by atoms with Crippen LogP contribution < -0.4 is 10.5 Å². The summed E-state index contributed by atoms with van der Waals surface area (Å²) in [7, 11) is -4.02. The van der Waals surface area contributed by atoms with E-state index in [2.05, 4.69) is 0 Å². The molecule has 4 aromatic rings. The average Bonchev–Trinajstić information content (AvgIpc) is 2.92. The van der Waals surface area contributed by atoms with Gasteiger partial charge in [-0.1, -0.05) is 78.4 Å². The number of hydrogen-bond acceptors (Lipinski definition) is 6. The summed E-state index contributed by atoms with van der Waals surface area (Å²) in [5.74, 6) is 1.10. The maximum absolute atomic E-state index is 12.2. The first-order valence-electron chi connectivity index (χ1n) is 12.0. The van der Waals surface area contributed by atoms with Crippen LogP contribution >= 0.6 is 0 Å². The predicted molar refractivity (Wildman–Crippen MR) is 147 cm³/mol. The number of nitrogens with two attached hydrogens (primary N) is 1. The van der Waals surface area contributed by atoms with Gasteiger partial charge < -0.3 is 15.2 Å². The van der Waals surface area contributed by atoms with E-state index in [1.54, 1.807) is 12.1 Å². The minimum absolute atomic E-state index is 0.0666. The number of ether oxygens (including phenoxy) is 2. The number of para-hydroxylation sites is 1. The molecule has 1 atom stereocenters. The SMILES string of the molecule is Cc1ccc(S(=O)(=O)O)cc1.NCC(CC(=O)OCc1ccccc1)c1cccc(Oc2ccccc2)c1. The van der Waals surface area contributed by atoms with Crippen molar-refractivity contribution in [1.29, 1.82) is 0 Å². The van der Waals surface area contributed by atoms with Gasteiger partial charge in [0.2, 0.25) is 0 Å². The highest BCUT2D eigenvalue weighted by atomic mass is 32.2. The molecule has 38 heavy (non-hydrogen) atoms. The Morgan fingerprint density at radius 3 is 2.05 bits per heavy atom. The third-order valence-corrected chi connectivity index (χ3v) is 6.44. The Hall–Kier alpha value is -3.98. The molecule has 3 N–H and O–H groups in total. The number of esters is 1. The Morgan fingerprint density at radius 2 is 1.45 bits per heavy atom. The topological polar surface area (TPSA) is 116 Å². The molecular formula is C30H31NO6S. The number of carbonyl (C=O) groups excluding carboxylic acids is 1. The van der Waals surface area contributed by atoms with Gasteiger partial charge in [-0.15, -0.1) is 0 Å². The Morgan fingerprint density at radius 1 is 0.842 bits per heavy atom. The highest BCUT2D eigenvalue weighted by molar-refractivity contribution is 7.85. The fourth-order valence-corrected chi connectivity index (χ4v) is 3.98. The third kappa shape index (κ3) is 9.48. The highest BCUT2D eigenvalue weighted by Gasteiger charge is 2.17. The minimum Gasteiger partial charge on any atom is -0.461 e. The number of benzene rings is 4. The molecule has 0 aromatic heterocycles. The Bertz CT molecular complexity index is 1390. The second-order valence-electron chi connectivity index (χ2n) is 8.56. The molecule has 0 aliphatic heterocycles. The third-order valence-electron chi connectivity index (χ3n) is 5.57. The van der Waals surface area contributed by atoms with E-state index in [0.717, 1.165) is 28.2 Å². The molecule has 198 valence electrons. The number of rotatable bonds is 9. The summed E-state index contributed by atoms with van der Waals surface area (Å²) < 4.78 is 40.8. The lowest BCUT2D eigenvalue weighted by Crippen LogP contribution is -2.18. The minimum atomic E-state index is -4.02. The molecule has 0 radical (unpaired) electrons. The Labute approximate surface area is 223 Å². The van der Waals surface area contributed by atoms with Gasteiger partial charge >= 0.3 is 5.97 Å². The van der Waals surface area contributed by atoms with Crippen LogP contribution in [-0.4, -0.2) is 25.5 Å². The molecule has 4 rings (SSSR count). The lowest BCUT2D eigenvalue weighted by Gasteiger charge is -2.16.